The summed E-state index contributed by atoms with van der Waals surface area (Å²) in [5.41, 5.74) is 2.86. The van der Waals surface area contributed by atoms with Gasteiger partial charge < -0.3 is 10.2 Å². The van der Waals surface area contributed by atoms with Crippen LogP contribution in [0.2, 0.25) is 0 Å². The molecule has 1 saturated heterocycles. The highest BCUT2D eigenvalue weighted by Crippen LogP contribution is 2.20. The quantitative estimate of drug-likeness (QED) is 0.932. The summed E-state index contributed by atoms with van der Waals surface area (Å²) >= 11 is 0. The fourth-order valence-electron chi connectivity index (χ4n) is 2.95. The van der Waals surface area contributed by atoms with Crippen LogP contribution in [0.15, 0.2) is 48.5 Å². The van der Waals surface area contributed by atoms with Crippen molar-refractivity contribution >= 4 is 17.5 Å². The molecule has 0 aliphatic carbocycles. The van der Waals surface area contributed by atoms with Gasteiger partial charge >= 0.3 is 0 Å². The molecule has 4 nitrogen and oxygen atoms in total. The summed E-state index contributed by atoms with van der Waals surface area (Å²) in [6, 6.07) is 14.6. The number of aryl methyl sites for hydroxylation is 1. The minimum absolute atomic E-state index is 0.0462. The lowest BCUT2D eigenvalue weighted by Gasteiger charge is -2.27. The molecule has 4 heteroatoms. The second kappa shape index (κ2) is 7.30. The number of rotatable bonds is 3. The van der Waals surface area contributed by atoms with Gasteiger partial charge in [0.15, 0.2) is 0 Å². The Labute approximate surface area is 142 Å². The molecule has 0 radical (unpaired) electrons. The van der Waals surface area contributed by atoms with Crippen molar-refractivity contribution in [1.82, 2.24) is 4.90 Å². The normalized spacial score (nSPS) is 14.3. The SMILES string of the molecule is Cc1ccc(C(=O)N2CCCCC2)cc1NC(=O)c1ccccc1. The van der Waals surface area contributed by atoms with Gasteiger partial charge in [-0.25, -0.2) is 0 Å². The molecule has 1 aliphatic rings. The zero-order valence-electron chi connectivity index (χ0n) is 13.9. The topological polar surface area (TPSA) is 49.4 Å². The molecule has 1 fully saturated rings. The number of carbonyl (C=O) groups excluding carboxylic acids is 2. The Hall–Kier alpha value is -2.62. The maximum atomic E-state index is 12.6. The van der Waals surface area contributed by atoms with Crippen LogP contribution in [0.3, 0.4) is 0 Å². The standard InChI is InChI=1S/C20H22N2O2/c1-15-10-11-17(20(24)22-12-6-3-7-13-22)14-18(15)21-19(23)16-8-4-2-5-9-16/h2,4-5,8-11,14H,3,6-7,12-13H2,1H3,(H,21,23). The molecule has 2 aromatic rings. The van der Waals surface area contributed by atoms with Crippen molar-refractivity contribution in [3.63, 3.8) is 0 Å². The molecule has 0 spiro atoms. The molecular weight excluding hydrogens is 300 g/mol. The van der Waals surface area contributed by atoms with Crippen LogP contribution in [0.1, 0.15) is 45.5 Å². The molecule has 24 heavy (non-hydrogen) atoms. The molecule has 124 valence electrons. The van der Waals surface area contributed by atoms with Crippen LogP contribution < -0.4 is 5.32 Å². The molecule has 3 rings (SSSR count). The number of benzene rings is 2. The monoisotopic (exact) mass is 322 g/mol. The summed E-state index contributed by atoms with van der Waals surface area (Å²) in [7, 11) is 0. The second-order valence-corrected chi connectivity index (χ2v) is 6.20. The molecule has 0 aromatic heterocycles. The number of hydrogen-bond donors (Lipinski definition) is 1. The van der Waals surface area contributed by atoms with E-state index in [0.29, 0.717) is 16.8 Å². The minimum atomic E-state index is -0.165. The van der Waals surface area contributed by atoms with Gasteiger partial charge in [0.05, 0.1) is 0 Å². The Balaban J connectivity index is 1.78. The number of hydrogen-bond acceptors (Lipinski definition) is 2. The highest BCUT2D eigenvalue weighted by Gasteiger charge is 2.19. The van der Waals surface area contributed by atoms with Gasteiger partial charge in [-0.3, -0.25) is 9.59 Å². The van der Waals surface area contributed by atoms with E-state index in [4.69, 9.17) is 0 Å². The predicted molar refractivity (Wildman–Crippen MR) is 95.3 cm³/mol. The number of carbonyl (C=O) groups is 2. The van der Waals surface area contributed by atoms with Crippen molar-refractivity contribution in [2.24, 2.45) is 0 Å². The van der Waals surface area contributed by atoms with Crippen molar-refractivity contribution in [3.8, 4) is 0 Å². The molecule has 0 bridgehead atoms. The minimum Gasteiger partial charge on any atom is -0.339 e. The summed E-state index contributed by atoms with van der Waals surface area (Å²) < 4.78 is 0. The van der Waals surface area contributed by atoms with Crippen molar-refractivity contribution < 1.29 is 9.59 Å². The van der Waals surface area contributed by atoms with E-state index in [-0.39, 0.29) is 11.8 Å². The third-order valence-corrected chi connectivity index (χ3v) is 4.41. The molecule has 0 unspecified atom stereocenters. The third-order valence-electron chi connectivity index (χ3n) is 4.41. The molecule has 0 saturated carbocycles. The average Bonchev–Trinajstić information content (AvgIpc) is 2.64. The summed E-state index contributed by atoms with van der Waals surface area (Å²) in [6.45, 7) is 3.56. The van der Waals surface area contributed by atoms with Crippen LogP contribution in [-0.4, -0.2) is 29.8 Å². The zero-order chi connectivity index (χ0) is 16.9. The summed E-state index contributed by atoms with van der Waals surface area (Å²) in [4.78, 5) is 26.9. The summed E-state index contributed by atoms with van der Waals surface area (Å²) in [5, 5.41) is 2.92. The number of nitrogens with zero attached hydrogens (tertiary/aromatic N) is 1. The van der Waals surface area contributed by atoms with Gasteiger partial charge in [0.2, 0.25) is 0 Å². The molecule has 2 amide bonds. The first kappa shape index (κ1) is 16.2. The summed E-state index contributed by atoms with van der Waals surface area (Å²) in [6.07, 6.45) is 3.32. The number of anilines is 1. The van der Waals surface area contributed by atoms with Gasteiger partial charge in [-0.2, -0.15) is 0 Å². The van der Waals surface area contributed by atoms with E-state index in [1.54, 1.807) is 18.2 Å². The van der Waals surface area contributed by atoms with Crippen molar-refractivity contribution in [1.29, 1.82) is 0 Å². The average molecular weight is 322 g/mol. The van der Waals surface area contributed by atoms with Crippen LogP contribution in [-0.2, 0) is 0 Å². The van der Waals surface area contributed by atoms with Crippen LogP contribution >= 0.6 is 0 Å². The first-order chi connectivity index (χ1) is 11.6. The maximum absolute atomic E-state index is 12.6. The van der Waals surface area contributed by atoms with Crippen LogP contribution in [0, 0.1) is 6.92 Å². The van der Waals surface area contributed by atoms with Crippen LogP contribution in [0.5, 0.6) is 0 Å². The molecule has 1 aliphatic heterocycles. The first-order valence-electron chi connectivity index (χ1n) is 8.41. The number of likely N-dealkylation sites (tertiary alicyclic amines) is 1. The molecule has 1 heterocycles. The lowest BCUT2D eigenvalue weighted by Crippen LogP contribution is -2.35. The smallest absolute Gasteiger partial charge is 0.255 e. The Morgan fingerprint density at radius 2 is 1.62 bits per heavy atom. The van der Waals surface area contributed by atoms with E-state index >= 15 is 0 Å². The van der Waals surface area contributed by atoms with E-state index in [1.165, 1.54) is 6.42 Å². The highest BCUT2D eigenvalue weighted by molar-refractivity contribution is 6.05. The Bertz CT molecular complexity index is 735. The summed E-state index contributed by atoms with van der Waals surface area (Å²) in [5.74, 6) is -0.119. The third kappa shape index (κ3) is 3.65. The fraction of sp³-hybridized carbons (Fsp3) is 0.300. The van der Waals surface area contributed by atoms with Gasteiger partial charge in [-0.05, 0) is 56.0 Å². The lowest BCUT2D eigenvalue weighted by molar-refractivity contribution is 0.0724. The van der Waals surface area contributed by atoms with Crippen molar-refractivity contribution in [2.75, 3.05) is 18.4 Å². The molecule has 2 aromatic carbocycles. The van der Waals surface area contributed by atoms with Gasteiger partial charge in [0.1, 0.15) is 0 Å². The zero-order valence-corrected chi connectivity index (χ0v) is 13.9. The van der Waals surface area contributed by atoms with E-state index in [1.807, 2.05) is 42.2 Å². The van der Waals surface area contributed by atoms with Crippen molar-refractivity contribution in [3.05, 3.63) is 65.2 Å². The van der Waals surface area contributed by atoms with Crippen molar-refractivity contribution in [2.45, 2.75) is 26.2 Å². The van der Waals surface area contributed by atoms with E-state index in [0.717, 1.165) is 31.5 Å². The Kier molecular flexibility index (Phi) is 4.94. The van der Waals surface area contributed by atoms with E-state index < -0.39 is 0 Å². The fourth-order valence-corrected chi connectivity index (χ4v) is 2.95. The predicted octanol–water partition coefficient (Wildman–Crippen LogP) is 3.87. The lowest BCUT2D eigenvalue weighted by atomic mass is 10.1. The number of piperidine rings is 1. The van der Waals surface area contributed by atoms with E-state index in [2.05, 4.69) is 5.32 Å². The van der Waals surface area contributed by atoms with Gasteiger partial charge in [-0.15, -0.1) is 0 Å². The maximum Gasteiger partial charge on any atom is 0.255 e. The molecular formula is C20H22N2O2. The Morgan fingerprint density at radius 1 is 0.917 bits per heavy atom. The number of nitrogens with one attached hydrogen (secondary N) is 1. The first-order valence-corrected chi connectivity index (χ1v) is 8.41. The van der Waals surface area contributed by atoms with Gasteiger partial charge in [0, 0.05) is 29.9 Å². The number of amides is 2. The second-order valence-electron chi connectivity index (χ2n) is 6.20. The largest absolute Gasteiger partial charge is 0.339 e. The van der Waals surface area contributed by atoms with Crippen LogP contribution in [0.4, 0.5) is 5.69 Å². The van der Waals surface area contributed by atoms with Crippen LogP contribution in [0.25, 0.3) is 0 Å². The van der Waals surface area contributed by atoms with E-state index in [9.17, 15) is 9.59 Å². The van der Waals surface area contributed by atoms with Gasteiger partial charge in [0.25, 0.3) is 11.8 Å². The molecule has 1 N–H and O–H groups in total. The van der Waals surface area contributed by atoms with Gasteiger partial charge in [-0.1, -0.05) is 24.3 Å². The molecule has 0 atom stereocenters. The highest BCUT2D eigenvalue weighted by atomic mass is 16.2. The Morgan fingerprint density at radius 3 is 2.33 bits per heavy atom.